The molecule has 0 aliphatic carbocycles. The smallest absolute Gasteiger partial charge is 0.412 e. The van der Waals surface area contributed by atoms with Crippen molar-refractivity contribution in [1.29, 1.82) is 0 Å². The van der Waals surface area contributed by atoms with E-state index in [2.05, 4.69) is 0 Å². The quantitative estimate of drug-likeness (QED) is 0.573. The molecule has 1 aliphatic heterocycles. The Kier molecular flexibility index (Phi) is 6.66. The van der Waals surface area contributed by atoms with Crippen molar-refractivity contribution in [3.63, 3.8) is 0 Å². The molecular formula is C17H23ClN2O6. The summed E-state index contributed by atoms with van der Waals surface area (Å²) in [6.45, 7) is 6.23. The Morgan fingerprint density at radius 3 is 2.81 bits per heavy atom. The third kappa shape index (κ3) is 5.74. The monoisotopic (exact) mass is 386 g/mol. The van der Waals surface area contributed by atoms with Crippen molar-refractivity contribution in [3.05, 3.63) is 33.3 Å². The van der Waals surface area contributed by atoms with Gasteiger partial charge in [-0.2, -0.15) is 0 Å². The van der Waals surface area contributed by atoms with E-state index in [1.807, 2.05) is 0 Å². The Hall–Kier alpha value is -2.06. The fourth-order valence-electron chi connectivity index (χ4n) is 2.42. The number of rotatable bonds is 4. The summed E-state index contributed by atoms with van der Waals surface area (Å²) in [7, 11) is 0. The van der Waals surface area contributed by atoms with Crippen molar-refractivity contribution < 1.29 is 23.9 Å². The summed E-state index contributed by atoms with van der Waals surface area (Å²) in [5.74, 6) is 0.0661. The van der Waals surface area contributed by atoms with E-state index < -0.39 is 22.8 Å². The molecule has 1 fully saturated rings. The number of nitro groups is 1. The largest absolute Gasteiger partial charge is 0.482 e. The predicted molar refractivity (Wildman–Crippen MR) is 95.5 cm³/mol. The molecule has 1 unspecified atom stereocenters. The molecule has 1 aromatic rings. The average Bonchev–Trinajstić information content (AvgIpc) is 2.77. The number of halogens is 1. The van der Waals surface area contributed by atoms with E-state index in [9.17, 15) is 14.9 Å². The van der Waals surface area contributed by atoms with Crippen molar-refractivity contribution in [3.8, 4) is 5.75 Å². The molecule has 8 nitrogen and oxygen atoms in total. The molecule has 1 aliphatic rings. The zero-order chi connectivity index (χ0) is 19.3. The first-order valence-electron chi connectivity index (χ1n) is 8.35. The van der Waals surface area contributed by atoms with Crippen molar-refractivity contribution in [1.82, 2.24) is 4.90 Å². The second-order valence-electron chi connectivity index (χ2n) is 6.89. The minimum Gasteiger partial charge on any atom is -0.482 e. The van der Waals surface area contributed by atoms with Crippen LogP contribution in [0.15, 0.2) is 18.2 Å². The standard InChI is InChI=1S/C17H23ClN2O6/c1-17(2,3)26-16(21)19-8-4-5-9-24-15(19)11-25-14-7-6-12(18)10-13(14)20(22)23/h6-7,10,15H,4-5,8-9,11H2,1-3H3. The summed E-state index contributed by atoms with van der Waals surface area (Å²) in [5.41, 5.74) is -0.876. The molecule has 0 N–H and O–H groups in total. The molecule has 1 atom stereocenters. The van der Waals surface area contributed by atoms with Crippen LogP contribution >= 0.6 is 11.6 Å². The van der Waals surface area contributed by atoms with Crippen molar-refractivity contribution in [2.24, 2.45) is 0 Å². The molecule has 26 heavy (non-hydrogen) atoms. The summed E-state index contributed by atoms with van der Waals surface area (Å²) in [6, 6.07) is 4.15. The number of nitro benzene ring substituents is 1. The first-order valence-corrected chi connectivity index (χ1v) is 8.73. The molecule has 1 heterocycles. The molecule has 1 saturated heterocycles. The highest BCUT2D eigenvalue weighted by atomic mass is 35.5. The van der Waals surface area contributed by atoms with Crippen molar-refractivity contribution in [2.45, 2.75) is 45.4 Å². The van der Waals surface area contributed by atoms with Gasteiger partial charge < -0.3 is 14.2 Å². The fraction of sp³-hybridized carbons (Fsp3) is 0.588. The van der Waals surface area contributed by atoms with Crippen LogP contribution in [-0.4, -0.2) is 47.5 Å². The number of ether oxygens (including phenoxy) is 3. The van der Waals surface area contributed by atoms with Gasteiger partial charge in [-0.05, 0) is 45.7 Å². The van der Waals surface area contributed by atoms with Gasteiger partial charge >= 0.3 is 11.8 Å². The average molecular weight is 387 g/mol. The molecule has 1 amide bonds. The van der Waals surface area contributed by atoms with Crippen LogP contribution in [0, 0.1) is 10.1 Å². The summed E-state index contributed by atoms with van der Waals surface area (Å²) in [6.07, 6.45) is 0.384. The summed E-state index contributed by atoms with van der Waals surface area (Å²) in [4.78, 5) is 24.5. The van der Waals surface area contributed by atoms with E-state index in [0.717, 1.165) is 12.8 Å². The van der Waals surface area contributed by atoms with Crippen LogP contribution in [-0.2, 0) is 9.47 Å². The van der Waals surface area contributed by atoms with Crippen LogP contribution in [0.4, 0.5) is 10.5 Å². The molecule has 9 heteroatoms. The van der Waals surface area contributed by atoms with E-state index in [1.54, 1.807) is 20.8 Å². The molecule has 2 rings (SSSR count). The summed E-state index contributed by atoms with van der Waals surface area (Å²) < 4.78 is 16.7. The Morgan fingerprint density at radius 2 is 2.15 bits per heavy atom. The zero-order valence-electron chi connectivity index (χ0n) is 15.1. The van der Waals surface area contributed by atoms with Gasteiger partial charge in [0.1, 0.15) is 12.2 Å². The lowest BCUT2D eigenvalue weighted by Crippen LogP contribution is -2.46. The first kappa shape index (κ1) is 20.3. The fourth-order valence-corrected chi connectivity index (χ4v) is 2.59. The number of benzene rings is 1. The Bertz CT molecular complexity index is 661. The lowest BCUT2D eigenvalue weighted by atomic mass is 10.2. The number of hydrogen-bond donors (Lipinski definition) is 0. The number of carbonyl (C=O) groups excluding carboxylic acids is 1. The SMILES string of the molecule is CC(C)(C)OC(=O)N1CCCCOC1COc1ccc(Cl)cc1[N+](=O)[O-]. The third-order valence-electron chi connectivity index (χ3n) is 3.58. The highest BCUT2D eigenvalue weighted by molar-refractivity contribution is 6.30. The normalized spacial score (nSPS) is 18.2. The summed E-state index contributed by atoms with van der Waals surface area (Å²) >= 11 is 5.80. The topological polar surface area (TPSA) is 91.1 Å². The molecule has 0 bridgehead atoms. The Balaban J connectivity index is 2.12. The maximum Gasteiger partial charge on any atom is 0.412 e. The number of carbonyl (C=O) groups is 1. The Labute approximate surface area is 157 Å². The zero-order valence-corrected chi connectivity index (χ0v) is 15.8. The predicted octanol–water partition coefficient (Wildman–Crippen LogP) is 4.00. The van der Waals surface area contributed by atoms with Crippen LogP contribution in [0.2, 0.25) is 5.02 Å². The second kappa shape index (κ2) is 8.55. The van der Waals surface area contributed by atoms with Crippen LogP contribution in [0.25, 0.3) is 0 Å². The summed E-state index contributed by atoms with van der Waals surface area (Å²) in [5, 5.41) is 11.4. The van der Waals surface area contributed by atoms with Gasteiger partial charge in [-0.3, -0.25) is 15.0 Å². The van der Waals surface area contributed by atoms with Crippen molar-refractivity contribution >= 4 is 23.4 Å². The van der Waals surface area contributed by atoms with Crippen LogP contribution in [0.5, 0.6) is 5.75 Å². The van der Waals surface area contributed by atoms with E-state index in [0.29, 0.717) is 13.2 Å². The van der Waals surface area contributed by atoms with E-state index in [4.69, 9.17) is 25.8 Å². The highest BCUT2D eigenvalue weighted by Gasteiger charge is 2.31. The highest BCUT2D eigenvalue weighted by Crippen LogP contribution is 2.30. The maximum absolute atomic E-state index is 12.5. The van der Waals surface area contributed by atoms with Gasteiger partial charge in [0.2, 0.25) is 0 Å². The lowest BCUT2D eigenvalue weighted by Gasteiger charge is -2.31. The number of amides is 1. The van der Waals surface area contributed by atoms with Crippen LogP contribution in [0.1, 0.15) is 33.6 Å². The van der Waals surface area contributed by atoms with E-state index >= 15 is 0 Å². The number of hydrogen-bond acceptors (Lipinski definition) is 6. The second-order valence-corrected chi connectivity index (χ2v) is 7.32. The molecule has 0 aromatic heterocycles. The van der Waals surface area contributed by atoms with Gasteiger partial charge in [0.15, 0.2) is 12.0 Å². The van der Waals surface area contributed by atoms with E-state index in [-0.39, 0.29) is 23.1 Å². The molecule has 144 valence electrons. The molecule has 0 radical (unpaired) electrons. The van der Waals surface area contributed by atoms with Gasteiger partial charge in [-0.1, -0.05) is 11.6 Å². The van der Waals surface area contributed by atoms with Gasteiger partial charge in [-0.25, -0.2) is 4.79 Å². The van der Waals surface area contributed by atoms with Gasteiger partial charge in [0.05, 0.1) is 4.92 Å². The number of nitrogens with zero attached hydrogens (tertiary/aromatic N) is 2. The van der Waals surface area contributed by atoms with Gasteiger partial charge in [0, 0.05) is 24.2 Å². The first-order chi connectivity index (χ1) is 12.2. The minimum absolute atomic E-state index is 0.0539. The maximum atomic E-state index is 12.5. The lowest BCUT2D eigenvalue weighted by molar-refractivity contribution is -0.386. The van der Waals surface area contributed by atoms with Gasteiger partial charge in [-0.15, -0.1) is 0 Å². The molecular weight excluding hydrogens is 364 g/mol. The van der Waals surface area contributed by atoms with Crippen LogP contribution in [0.3, 0.4) is 0 Å². The minimum atomic E-state index is -0.692. The molecule has 1 aromatic carbocycles. The van der Waals surface area contributed by atoms with Gasteiger partial charge in [0.25, 0.3) is 0 Å². The Morgan fingerprint density at radius 1 is 1.42 bits per heavy atom. The molecule has 0 spiro atoms. The van der Waals surface area contributed by atoms with Crippen LogP contribution < -0.4 is 4.74 Å². The molecule has 0 saturated carbocycles. The third-order valence-corrected chi connectivity index (χ3v) is 3.81. The van der Waals surface area contributed by atoms with E-state index in [1.165, 1.54) is 23.1 Å². The van der Waals surface area contributed by atoms with Crippen molar-refractivity contribution in [2.75, 3.05) is 19.8 Å².